The average molecular weight is 166 g/mol. The van der Waals surface area contributed by atoms with Gasteiger partial charge in [0, 0.05) is 11.6 Å². The predicted molar refractivity (Wildman–Crippen MR) is 37.8 cm³/mol. The van der Waals surface area contributed by atoms with E-state index in [0.717, 1.165) is 6.08 Å². The Labute approximate surface area is 68.5 Å². The SMILES string of the molecule is CC1=C2OCOC2=CC(=O)C1=O. The number of hydrogen-bond acceptors (Lipinski definition) is 4. The Bertz CT molecular complexity index is 335. The molecule has 1 saturated heterocycles. The lowest BCUT2D eigenvalue weighted by Crippen LogP contribution is -2.18. The monoisotopic (exact) mass is 166 g/mol. The smallest absolute Gasteiger partial charge is 0.232 e. The van der Waals surface area contributed by atoms with Crippen LogP contribution in [0.2, 0.25) is 0 Å². The highest BCUT2D eigenvalue weighted by molar-refractivity contribution is 6.48. The molecule has 0 aromatic carbocycles. The first kappa shape index (κ1) is 7.09. The molecule has 1 fully saturated rings. The van der Waals surface area contributed by atoms with Gasteiger partial charge in [-0.25, -0.2) is 0 Å². The molecule has 0 aromatic heterocycles. The van der Waals surface area contributed by atoms with Crippen LogP contribution in [0.15, 0.2) is 23.2 Å². The van der Waals surface area contributed by atoms with Crippen LogP contribution in [0.3, 0.4) is 0 Å². The van der Waals surface area contributed by atoms with E-state index < -0.39 is 11.6 Å². The van der Waals surface area contributed by atoms with E-state index in [0.29, 0.717) is 17.1 Å². The van der Waals surface area contributed by atoms with E-state index in [4.69, 9.17) is 9.47 Å². The summed E-state index contributed by atoms with van der Waals surface area (Å²) in [6.45, 7) is 1.64. The molecule has 1 heterocycles. The number of fused-ring (bicyclic) bond motifs is 1. The number of hydrogen-bond donors (Lipinski definition) is 0. The Hall–Kier alpha value is -1.58. The number of ketones is 2. The molecular formula is C8H6O4. The lowest BCUT2D eigenvalue weighted by Gasteiger charge is -2.06. The fraction of sp³-hybridized carbons (Fsp3) is 0.250. The topological polar surface area (TPSA) is 52.6 Å². The van der Waals surface area contributed by atoms with Gasteiger partial charge in [-0.05, 0) is 6.92 Å². The van der Waals surface area contributed by atoms with Crippen molar-refractivity contribution in [1.82, 2.24) is 0 Å². The Balaban J connectivity index is 2.54. The second-order valence-electron chi connectivity index (χ2n) is 2.56. The molecule has 0 bridgehead atoms. The van der Waals surface area contributed by atoms with Gasteiger partial charge >= 0.3 is 0 Å². The molecule has 0 aromatic rings. The summed E-state index contributed by atoms with van der Waals surface area (Å²) in [5.41, 5.74) is 0.329. The van der Waals surface area contributed by atoms with Gasteiger partial charge in [-0.2, -0.15) is 0 Å². The zero-order chi connectivity index (χ0) is 8.72. The van der Waals surface area contributed by atoms with Gasteiger partial charge in [0.1, 0.15) is 0 Å². The van der Waals surface area contributed by atoms with Gasteiger partial charge in [-0.1, -0.05) is 0 Å². The van der Waals surface area contributed by atoms with Crippen molar-refractivity contribution < 1.29 is 19.1 Å². The normalized spacial score (nSPS) is 21.6. The Morgan fingerprint density at radius 2 is 2.08 bits per heavy atom. The molecule has 0 radical (unpaired) electrons. The Morgan fingerprint density at radius 3 is 2.83 bits per heavy atom. The second-order valence-corrected chi connectivity index (χ2v) is 2.56. The van der Waals surface area contributed by atoms with Crippen molar-refractivity contribution in [1.29, 1.82) is 0 Å². The third-order valence-corrected chi connectivity index (χ3v) is 1.81. The Kier molecular flexibility index (Phi) is 1.30. The van der Waals surface area contributed by atoms with Gasteiger partial charge in [0.25, 0.3) is 0 Å². The van der Waals surface area contributed by atoms with Crippen molar-refractivity contribution in [3.8, 4) is 0 Å². The lowest BCUT2D eigenvalue weighted by molar-refractivity contribution is -0.131. The van der Waals surface area contributed by atoms with Gasteiger partial charge in [0.2, 0.25) is 18.4 Å². The summed E-state index contributed by atoms with van der Waals surface area (Å²) in [5, 5.41) is 0. The van der Waals surface area contributed by atoms with E-state index in [1.807, 2.05) is 0 Å². The molecule has 2 rings (SSSR count). The maximum absolute atomic E-state index is 11.1. The van der Waals surface area contributed by atoms with E-state index in [-0.39, 0.29) is 6.79 Å². The summed E-state index contributed by atoms with van der Waals surface area (Å²) in [6, 6.07) is 0. The predicted octanol–water partition coefficient (Wildman–Crippen LogP) is 0.300. The van der Waals surface area contributed by atoms with Gasteiger partial charge in [0.15, 0.2) is 11.5 Å². The molecule has 4 nitrogen and oxygen atoms in total. The molecule has 0 spiro atoms. The van der Waals surface area contributed by atoms with Crippen LogP contribution in [-0.4, -0.2) is 18.4 Å². The van der Waals surface area contributed by atoms with Gasteiger partial charge < -0.3 is 9.47 Å². The average Bonchev–Trinajstić information content (AvgIpc) is 2.48. The molecule has 12 heavy (non-hydrogen) atoms. The van der Waals surface area contributed by atoms with E-state index in [2.05, 4.69) is 0 Å². The molecule has 0 amide bonds. The minimum absolute atomic E-state index is 0.0824. The number of allylic oxidation sites excluding steroid dienone is 2. The molecule has 4 heteroatoms. The second kappa shape index (κ2) is 2.20. The van der Waals surface area contributed by atoms with Crippen molar-refractivity contribution in [3.63, 3.8) is 0 Å². The fourth-order valence-electron chi connectivity index (χ4n) is 1.16. The highest BCUT2D eigenvalue weighted by atomic mass is 16.7. The van der Waals surface area contributed by atoms with Gasteiger partial charge in [0.05, 0.1) is 0 Å². The summed E-state index contributed by atoms with van der Waals surface area (Å²) in [6.07, 6.45) is 1.16. The first-order valence-electron chi connectivity index (χ1n) is 3.47. The standard InChI is InChI=1S/C8H6O4/c1-4-7(10)5(9)2-6-8(4)12-3-11-6/h2H,3H2,1H3. The van der Waals surface area contributed by atoms with E-state index >= 15 is 0 Å². The molecule has 0 saturated carbocycles. The fourth-order valence-corrected chi connectivity index (χ4v) is 1.16. The summed E-state index contributed by atoms with van der Waals surface area (Å²) in [5.74, 6) is -0.285. The molecule has 0 unspecified atom stereocenters. The minimum atomic E-state index is -0.545. The first-order valence-corrected chi connectivity index (χ1v) is 3.47. The number of ether oxygens (including phenoxy) is 2. The highest BCUT2D eigenvalue weighted by Crippen LogP contribution is 2.27. The first-order chi connectivity index (χ1) is 5.70. The van der Waals surface area contributed by atoms with Crippen molar-refractivity contribution >= 4 is 11.6 Å². The van der Waals surface area contributed by atoms with Gasteiger partial charge in [-0.15, -0.1) is 0 Å². The number of Topliss-reactive ketones (excluding diaryl/α,β-unsaturated/α-hetero) is 1. The third kappa shape index (κ3) is 0.777. The van der Waals surface area contributed by atoms with Crippen molar-refractivity contribution in [2.24, 2.45) is 0 Å². The van der Waals surface area contributed by atoms with Crippen molar-refractivity contribution in [2.75, 3.05) is 6.79 Å². The van der Waals surface area contributed by atoms with Crippen LogP contribution in [0.4, 0.5) is 0 Å². The molecular weight excluding hydrogens is 160 g/mol. The van der Waals surface area contributed by atoms with Crippen LogP contribution in [0.25, 0.3) is 0 Å². The highest BCUT2D eigenvalue weighted by Gasteiger charge is 2.31. The van der Waals surface area contributed by atoms with E-state index in [1.165, 1.54) is 0 Å². The molecule has 2 aliphatic rings. The summed E-state index contributed by atoms with van der Waals surface area (Å²) in [7, 11) is 0. The quantitative estimate of drug-likeness (QED) is 0.383. The minimum Gasteiger partial charge on any atom is -0.453 e. The zero-order valence-corrected chi connectivity index (χ0v) is 6.42. The van der Waals surface area contributed by atoms with Crippen LogP contribution in [0.5, 0.6) is 0 Å². The van der Waals surface area contributed by atoms with Crippen molar-refractivity contribution in [2.45, 2.75) is 6.92 Å². The van der Waals surface area contributed by atoms with Crippen LogP contribution in [0.1, 0.15) is 6.92 Å². The van der Waals surface area contributed by atoms with Crippen LogP contribution in [0, 0.1) is 0 Å². The maximum atomic E-state index is 11.1. The Morgan fingerprint density at radius 1 is 1.33 bits per heavy atom. The van der Waals surface area contributed by atoms with Crippen LogP contribution < -0.4 is 0 Å². The third-order valence-electron chi connectivity index (χ3n) is 1.81. The molecule has 0 N–H and O–H groups in total. The largest absolute Gasteiger partial charge is 0.453 e. The van der Waals surface area contributed by atoms with E-state index in [1.54, 1.807) is 6.92 Å². The van der Waals surface area contributed by atoms with Crippen LogP contribution in [-0.2, 0) is 19.1 Å². The number of rotatable bonds is 0. The van der Waals surface area contributed by atoms with Crippen molar-refractivity contribution in [3.05, 3.63) is 23.2 Å². The number of carbonyl (C=O) groups is 2. The summed E-state index contributed by atoms with van der Waals surface area (Å²) >= 11 is 0. The van der Waals surface area contributed by atoms with Crippen LogP contribution >= 0.6 is 0 Å². The molecule has 1 aliphatic carbocycles. The van der Waals surface area contributed by atoms with E-state index in [9.17, 15) is 9.59 Å². The summed E-state index contributed by atoms with van der Waals surface area (Å²) < 4.78 is 9.96. The number of carbonyl (C=O) groups excluding carboxylic acids is 2. The summed E-state index contributed by atoms with van der Waals surface area (Å²) in [4.78, 5) is 22.0. The zero-order valence-electron chi connectivity index (χ0n) is 6.42. The molecule has 0 atom stereocenters. The van der Waals surface area contributed by atoms with Gasteiger partial charge in [-0.3, -0.25) is 9.59 Å². The lowest BCUT2D eigenvalue weighted by atomic mass is 10.0. The molecule has 1 aliphatic heterocycles. The molecule has 62 valence electrons. The maximum Gasteiger partial charge on any atom is 0.232 e.